The van der Waals surface area contributed by atoms with E-state index in [1.807, 2.05) is 0 Å². The molecule has 1 amide bonds. The Hall–Kier alpha value is -1.30. The topological polar surface area (TPSA) is 92.9 Å². The molecule has 6 heteroatoms. The molecule has 1 heterocycles. The third-order valence-electron chi connectivity index (χ3n) is 2.12. The molecule has 0 aromatic rings. The molecule has 1 fully saturated rings. The van der Waals surface area contributed by atoms with Crippen molar-refractivity contribution in [2.24, 2.45) is 5.73 Å². The van der Waals surface area contributed by atoms with Gasteiger partial charge >= 0.3 is 12.1 Å². The van der Waals surface area contributed by atoms with Crippen molar-refractivity contribution in [1.29, 1.82) is 0 Å². The van der Waals surface area contributed by atoms with Gasteiger partial charge in [-0.1, -0.05) is 0 Å². The Morgan fingerprint density at radius 1 is 1.64 bits per heavy atom. The van der Waals surface area contributed by atoms with E-state index in [9.17, 15) is 9.59 Å². The first-order valence-corrected chi connectivity index (χ1v) is 4.48. The molecule has 14 heavy (non-hydrogen) atoms. The summed E-state index contributed by atoms with van der Waals surface area (Å²) in [6.07, 6.45) is -0.318. The van der Waals surface area contributed by atoms with E-state index in [0.29, 0.717) is 0 Å². The van der Waals surface area contributed by atoms with Gasteiger partial charge in [0.1, 0.15) is 6.04 Å². The number of likely N-dealkylation sites (tertiary alicyclic amines) is 1. The summed E-state index contributed by atoms with van der Waals surface area (Å²) in [7, 11) is 0. The number of amides is 1. The number of carbonyl (C=O) groups is 2. The molecule has 1 rings (SSSR count). The third-order valence-corrected chi connectivity index (χ3v) is 2.12. The average molecular weight is 202 g/mol. The standard InChI is InChI=1S/C8H14N2O4/c1-2-14-8(13)10-4-5(9)3-6(10)7(11)12/h5-6H,2-4,9H2,1H3,(H,11,12). The molecular formula is C8H14N2O4. The molecule has 0 spiro atoms. The van der Waals surface area contributed by atoms with Crippen LogP contribution >= 0.6 is 0 Å². The fourth-order valence-electron chi connectivity index (χ4n) is 1.51. The Bertz CT molecular complexity index is 243. The second-order valence-corrected chi connectivity index (χ2v) is 3.20. The zero-order chi connectivity index (χ0) is 10.7. The van der Waals surface area contributed by atoms with Gasteiger partial charge in [0, 0.05) is 12.6 Å². The van der Waals surface area contributed by atoms with Crippen LogP contribution in [0, 0.1) is 0 Å². The van der Waals surface area contributed by atoms with Gasteiger partial charge in [0.2, 0.25) is 0 Å². The maximum absolute atomic E-state index is 11.3. The molecule has 80 valence electrons. The molecule has 2 unspecified atom stereocenters. The highest BCUT2D eigenvalue weighted by atomic mass is 16.6. The van der Waals surface area contributed by atoms with E-state index in [1.54, 1.807) is 6.92 Å². The molecular weight excluding hydrogens is 188 g/mol. The number of hydrogen-bond acceptors (Lipinski definition) is 4. The van der Waals surface area contributed by atoms with E-state index < -0.39 is 18.1 Å². The highest BCUT2D eigenvalue weighted by molar-refractivity contribution is 5.80. The smallest absolute Gasteiger partial charge is 0.410 e. The molecule has 3 N–H and O–H groups in total. The lowest BCUT2D eigenvalue weighted by molar-refractivity contribution is -0.141. The van der Waals surface area contributed by atoms with Gasteiger partial charge in [0.05, 0.1) is 6.61 Å². The normalized spacial score (nSPS) is 26.3. The van der Waals surface area contributed by atoms with E-state index in [1.165, 1.54) is 0 Å². The fraction of sp³-hybridized carbons (Fsp3) is 0.750. The Morgan fingerprint density at radius 3 is 2.79 bits per heavy atom. The van der Waals surface area contributed by atoms with Crippen molar-refractivity contribution in [2.45, 2.75) is 25.4 Å². The Kier molecular flexibility index (Phi) is 3.29. The SMILES string of the molecule is CCOC(=O)N1CC(N)CC1C(=O)O. The summed E-state index contributed by atoms with van der Waals surface area (Å²) >= 11 is 0. The molecule has 1 aliphatic heterocycles. The van der Waals surface area contributed by atoms with Crippen LogP contribution in [-0.4, -0.2) is 47.3 Å². The van der Waals surface area contributed by atoms with E-state index in [4.69, 9.17) is 15.6 Å². The van der Waals surface area contributed by atoms with Crippen LogP contribution in [0.3, 0.4) is 0 Å². The molecule has 0 aromatic heterocycles. The fourth-order valence-corrected chi connectivity index (χ4v) is 1.51. The van der Waals surface area contributed by atoms with Crippen LogP contribution < -0.4 is 5.73 Å². The largest absolute Gasteiger partial charge is 0.480 e. The molecule has 6 nitrogen and oxygen atoms in total. The van der Waals surface area contributed by atoms with Crippen molar-refractivity contribution in [2.75, 3.05) is 13.2 Å². The Labute approximate surface area is 81.6 Å². The van der Waals surface area contributed by atoms with E-state index in [0.717, 1.165) is 4.90 Å². The number of hydrogen-bond donors (Lipinski definition) is 2. The van der Waals surface area contributed by atoms with Crippen molar-refractivity contribution >= 4 is 12.1 Å². The minimum atomic E-state index is -1.04. The molecule has 2 atom stereocenters. The summed E-state index contributed by atoms with van der Waals surface area (Å²) in [4.78, 5) is 23.2. The van der Waals surface area contributed by atoms with Crippen LogP contribution in [-0.2, 0) is 9.53 Å². The van der Waals surface area contributed by atoms with Crippen LogP contribution in [0.25, 0.3) is 0 Å². The first-order valence-electron chi connectivity index (χ1n) is 4.48. The molecule has 0 radical (unpaired) electrons. The number of carbonyl (C=O) groups excluding carboxylic acids is 1. The maximum Gasteiger partial charge on any atom is 0.410 e. The van der Waals surface area contributed by atoms with Gasteiger partial charge in [-0.05, 0) is 13.3 Å². The highest BCUT2D eigenvalue weighted by Crippen LogP contribution is 2.17. The summed E-state index contributed by atoms with van der Waals surface area (Å²) in [6, 6.07) is -1.12. The quantitative estimate of drug-likeness (QED) is 0.637. The first kappa shape index (κ1) is 10.8. The van der Waals surface area contributed by atoms with Gasteiger partial charge in [-0.2, -0.15) is 0 Å². The van der Waals surface area contributed by atoms with Gasteiger partial charge < -0.3 is 15.6 Å². The summed E-state index contributed by atoms with van der Waals surface area (Å²) in [5.41, 5.74) is 5.57. The van der Waals surface area contributed by atoms with Gasteiger partial charge in [0.25, 0.3) is 0 Å². The van der Waals surface area contributed by atoms with Gasteiger partial charge in [-0.15, -0.1) is 0 Å². The van der Waals surface area contributed by atoms with Crippen molar-refractivity contribution in [3.05, 3.63) is 0 Å². The van der Waals surface area contributed by atoms with E-state index >= 15 is 0 Å². The zero-order valence-electron chi connectivity index (χ0n) is 7.97. The van der Waals surface area contributed by atoms with Crippen molar-refractivity contribution in [1.82, 2.24) is 4.90 Å². The lowest BCUT2D eigenvalue weighted by Gasteiger charge is -2.19. The lowest BCUT2D eigenvalue weighted by Crippen LogP contribution is -2.41. The monoisotopic (exact) mass is 202 g/mol. The Morgan fingerprint density at radius 2 is 2.29 bits per heavy atom. The number of ether oxygens (including phenoxy) is 1. The van der Waals surface area contributed by atoms with E-state index in [2.05, 4.69) is 0 Å². The second-order valence-electron chi connectivity index (χ2n) is 3.20. The maximum atomic E-state index is 11.3. The Balaban J connectivity index is 2.66. The van der Waals surface area contributed by atoms with Crippen LogP contribution in [0.1, 0.15) is 13.3 Å². The molecule has 0 aromatic carbocycles. The minimum Gasteiger partial charge on any atom is -0.480 e. The molecule has 0 aliphatic carbocycles. The van der Waals surface area contributed by atoms with Crippen molar-refractivity contribution < 1.29 is 19.4 Å². The summed E-state index contributed by atoms with van der Waals surface area (Å²) in [5, 5.41) is 8.81. The first-order chi connectivity index (χ1) is 6.56. The number of aliphatic carboxylic acids is 1. The number of nitrogens with two attached hydrogens (primary N) is 1. The lowest BCUT2D eigenvalue weighted by atomic mass is 10.2. The van der Waals surface area contributed by atoms with Crippen LogP contribution in [0.15, 0.2) is 0 Å². The number of carboxylic acid groups (broad SMARTS) is 1. The van der Waals surface area contributed by atoms with Gasteiger partial charge in [-0.25, -0.2) is 9.59 Å². The summed E-state index contributed by atoms with van der Waals surface area (Å²) in [5.74, 6) is -1.04. The van der Waals surface area contributed by atoms with Crippen LogP contribution in [0.4, 0.5) is 4.79 Å². The number of nitrogens with zero attached hydrogens (tertiary/aromatic N) is 1. The zero-order valence-corrected chi connectivity index (χ0v) is 7.97. The summed E-state index contributed by atoms with van der Waals surface area (Å²) < 4.78 is 4.72. The second kappa shape index (κ2) is 4.28. The molecule has 0 bridgehead atoms. The number of carboxylic acids is 1. The average Bonchev–Trinajstić information content (AvgIpc) is 2.48. The third kappa shape index (κ3) is 2.14. The van der Waals surface area contributed by atoms with E-state index in [-0.39, 0.29) is 25.6 Å². The van der Waals surface area contributed by atoms with Crippen LogP contribution in [0.2, 0.25) is 0 Å². The predicted molar refractivity (Wildman–Crippen MR) is 47.7 cm³/mol. The predicted octanol–water partition coefficient (Wildman–Crippen LogP) is -0.371. The molecule has 1 aliphatic rings. The summed E-state index contributed by atoms with van der Waals surface area (Å²) in [6.45, 7) is 2.15. The van der Waals surface area contributed by atoms with Crippen molar-refractivity contribution in [3.8, 4) is 0 Å². The highest BCUT2D eigenvalue weighted by Gasteiger charge is 2.38. The van der Waals surface area contributed by atoms with Gasteiger partial charge in [-0.3, -0.25) is 4.90 Å². The molecule has 1 saturated heterocycles. The van der Waals surface area contributed by atoms with Crippen molar-refractivity contribution in [3.63, 3.8) is 0 Å². The number of rotatable bonds is 2. The van der Waals surface area contributed by atoms with Gasteiger partial charge in [0.15, 0.2) is 0 Å². The minimum absolute atomic E-state index is 0.233. The molecule has 0 saturated carbocycles. The van der Waals surface area contributed by atoms with Crippen LogP contribution in [0.5, 0.6) is 0 Å².